The van der Waals surface area contributed by atoms with Crippen molar-refractivity contribution < 1.29 is 14.2 Å². The Morgan fingerprint density at radius 1 is 1.29 bits per heavy atom. The maximum absolute atomic E-state index is 5.73. The largest absolute Gasteiger partial charge is 0.497 e. The fourth-order valence-electron chi connectivity index (χ4n) is 3.68. The number of rotatable bonds is 8. The van der Waals surface area contributed by atoms with E-state index in [9.17, 15) is 0 Å². The van der Waals surface area contributed by atoms with Crippen LogP contribution in [-0.2, 0) is 9.47 Å². The van der Waals surface area contributed by atoms with Crippen molar-refractivity contribution in [3.05, 3.63) is 24.3 Å². The first-order valence-electron chi connectivity index (χ1n) is 10.3. The lowest BCUT2D eigenvalue weighted by atomic mass is 10.2. The minimum Gasteiger partial charge on any atom is -0.497 e. The van der Waals surface area contributed by atoms with Crippen molar-refractivity contribution in [2.75, 3.05) is 71.6 Å². The predicted molar refractivity (Wildman–Crippen MR) is 113 cm³/mol. The summed E-state index contributed by atoms with van der Waals surface area (Å²) in [6, 6.07) is 8.26. The van der Waals surface area contributed by atoms with Crippen molar-refractivity contribution in [3.8, 4) is 5.75 Å². The van der Waals surface area contributed by atoms with Crippen molar-refractivity contribution in [1.82, 2.24) is 10.2 Å². The van der Waals surface area contributed by atoms with Gasteiger partial charge in [-0.15, -0.1) is 0 Å². The van der Waals surface area contributed by atoms with Crippen LogP contribution in [0.2, 0.25) is 0 Å². The van der Waals surface area contributed by atoms with E-state index in [0.717, 1.165) is 83.5 Å². The first kappa shape index (κ1) is 20.7. The highest BCUT2D eigenvalue weighted by molar-refractivity contribution is 5.80. The fraction of sp³-hybridized carbons (Fsp3) is 0.667. The normalized spacial score (nSPS) is 20.5. The van der Waals surface area contributed by atoms with E-state index in [2.05, 4.69) is 32.2 Å². The van der Waals surface area contributed by atoms with Crippen LogP contribution in [0.25, 0.3) is 0 Å². The summed E-state index contributed by atoms with van der Waals surface area (Å²) in [7, 11) is 3.56. The third-order valence-electron chi connectivity index (χ3n) is 5.29. The predicted octanol–water partition coefficient (Wildman–Crippen LogP) is 1.98. The van der Waals surface area contributed by atoms with E-state index in [4.69, 9.17) is 14.2 Å². The molecule has 1 unspecified atom stereocenters. The second-order valence-corrected chi connectivity index (χ2v) is 7.21. The Hall–Kier alpha value is -1.99. The minimum absolute atomic E-state index is 0.307. The van der Waals surface area contributed by atoms with Crippen LogP contribution in [0.15, 0.2) is 29.3 Å². The monoisotopic (exact) mass is 390 g/mol. The average molecular weight is 391 g/mol. The summed E-state index contributed by atoms with van der Waals surface area (Å²) in [6.07, 6.45) is 3.57. The maximum atomic E-state index is 5.73. The molecule has 0 radical (unpaired) electrons. The molecule has 2 aliphatic heterocycles. The van der Waals surface area contributed by atoms with Crippen LogP contribution < -0.4 is 15.0 Å². The van der Waals surface area contributed by atoms with Gasteiger partial charge in [-0.1, -0.05) is 6.07 Å². The van der Waals surface area contributed by atoms with E-state index in [1.165, 1.54) is 5.69 Å². The molecular formula is C21H34N4O3. The zero-order valence-corrected chi connectivity index (χ0v) is 17.2. The molecule has 156 valence electrons. The molecule has 28 heavy (non-hydrogen) atoms. The van der Waals surface area contributed by atoms with Gasteiger partial charge in [0.2, 0.25) is 0 Å². The lowest BCUT2D eigenvalue weighted by Gasteiger charge is -2.37. The molecular weight excluding hydrogens is 356 g/mol. The summed E-state index contributed by atoms with van der Waals surface area (Å²) >= 11 is 0. The van der Waals surface area contributed by atoms with Gasteiger partial charge in [0, 0.05) is 64.7 Å². The molecule has 3 rings (SSSR count). The number of hydrogen-bond acceptors (Lipinski definition) is 5. The van der Waals surface area contributed by atoms with Gasteiger partial charge in [-0.25, -0.2) is 0 Å². The Labute approximate surface area is 168 Å². The Bertz CT molecular complexity index is 611. The fourth-order valence-corrected chi connectivity index (χ4v) is 3.68. The summed E-state index contributed by atoms with van der Waals surface area (Å²) in [5.74, 6) is 1.88. The van der Waals surface area contributed by atoms with Crippen LogP contribution in [-0.4, -0.2) is 83.7 Å². The zero-order valence-electron chi connectivity index (χ0n) is 17.2. The third-order valence-corrected chi connectivity index (χ3v) is 5.29. The highest BCUT2D eigenvalue weighted by Crippen LogP contribution is 2.22. The number of hydrogen-bond donors (Lipinski definition) is 1. The number of guanidine groups is 1. The van der Waals surface area contributed by atoms with Crippen molar-refractivity contribution in [3.63, 3.8) is 0 Å². The van der Waals surface area contributed by atoms with Gasteiger partial charge in [0.05, 0.1) is 19.8 Å². The smallest absolute Gasteiger partial charge is 0.193 e. The molecule has 0 saturated carbocycles. The van der Waals surface area contributed by atoms with E-state index in [0.29, 0.717) is 6.10 Å². The van der Waals surface area contributed by atoms with Crippen molar-refractivity contribution in [2.45, 2.75) is 25.4 Å². The second kappa shape index (κ2) is 11.1. The zero-order chi connectivity index (χ0) is 19.6. The number of methoxy groups -OCH3 is 1. The number of aliphatic imine (C=N–C) groups is 1. The number of nitrogens with one attached hydrogen (secondary N) is 1. The molecule has 1 N–H and O–H groups in total. The molecule has 0 amide bonds. The topological polar surface area (TPSA) is 58.6 Å². The molecule has 2 fully saturated rings. The van der Waals surface area contributed by atoms with E-state index in [1.807, 2.05) is 19.2 Å². The highest BCUT2D eigenvalue weighted by Gasteiger charge is 2.20. The molecule has 2 aliphatic rings. The molecule has 1 aromatic rings. The molecule has 0 aliphatic carbocycles. The second-order valence-electron chi connectivity index (χ2n) is 7.21. The van der Waals surface area contributed by atoms with Gasteiger partial charge in [-0.05, 0) is 31.4 Å². The third kappa shape index (κ3) is 6.01. The van der Waals surface area contributed by atoms with Gasteiger partial charge in [0.1, 0.15) is 5.75 Å². The van der Waals surface area contributed by atoms with Crippen molar-refractivity contribution in [1.29, 1.82) is 0 Å². The maximum Gasteiger partial charge on any atom is 0.193 e. The SMILES string of the molecule is CN=C(NCCCOCC1CCCO1)N1CCN(c2cccc(OC)c2)CC1. The van der Waals surface area contributed by atoms with Crippen LogP contribution >= 0.6 is 0 Å². The summed E-state index contributed by atoms with van der Waals surface area (Å²) in [4.78, 5) is 9.17. The molecule has 7 heteroatoms. The number of anilines is 1. The lowest BCUT2D eigenvalue weighted by Crippen LogP contribution is -2.52. The molecule has 2 saturated heterocycles. The molecule has 1 atom stereocenters. The number of benzene rings is 1. The quantitative estimate of drug-likeness (QED) is 0.416. The Kier molecular flexibility index (Phi) is 8.23. The summed E-state index contributed by atoms with van der Waals surface area (Å²) in [6.45, 7) is 7.08. The van der Waals surface area contributed by atoms with Crippen LogP contribution in [0.1, 0.15) is 19.3 Å². The van der Waals surface area contributed by atoms with Crippen molar-refractivity contribution in [2.24, 2.45) is 4.99 Å². The number of piperazine rings is 1. The van der Waals surface area contributed by atoms with Crippen LogP contribution in [0.4, 0.5) is 5.69 Å². The van der Waals surface area contributed by atoms with Gasteiger partial charge in [0.15, 0.2) is 5.96 Å². The van der Waals surface area contributed by atoms with Crippen LogP contribution in [0.5, 0.6) is 5.75 Å². The number of ether oxygens (including phenoxy) is 3. The Morgan fingerprint density at radius 2 is 2.14 bits per heavy atom. The van der Waals surface area contributed by atoms with E-state index in [-0.39, 0.29) is 0 Å². The Morgan fingerprint density at radius 3 is 2.86 bits per heavy atom. The van der Waals surface area contributed by atoms with E-state index in [1.54, 1.807) is 7.11 Å². The van der Waals surface area contributed by atoms with Crippen LogP contribution in [0, 0.1) is 0 Å². The summed E-state index contributed by atoms with van der Waals surface area (Å²) in [5, 5.41) is 3.47. The Balaban J connectivity index is 1.34. The van der Waals surface area contributed by atoms with Gasteiger partial charge in [0.25, 0.3) is 0 Å². The molecule has 2 heterocycles. The summed E-state index contributed by atoms with van der Waals surface area (Å²) in [5.41, 5.74) is 1.21. The molecule has 7 nitrogen and oxygen atoms in total. The standard InChI is InChI=1S/C21H34N4O3/c1-22-21(23-9-5-14-27-17-20-8-4-15-28-20)25-12-10-24(11-13-25)18-6-3-7-19(16-18)26-2/h3,6-7,16,20H,4-5,8-15,17H2,1-2H3,(H,22,23). The molecule has 1 aromatic carbocycles. The van der Waals surface area contributed by atoms with Gasteiger partial charge in [-0.3, -0.25) is 4.99 Å². The number of nitrogens with zero attached hydrogens (tertiary/aromatic N) is 3. The van der Waals surface area contributed by atoms with E-state index >= 15 is 0 Å². The lowest BCUT2D eigenvalue weighted by molar-refractivity contribution is 0.0168. The van der Waals surface area contributed by atoms with E-state index < -0.39 is 0 Å². The highest BCUT2D eigenvalue weighted by atomic mass is 16.5. The first-order valence-corrected chi connectivity index (χ1v) is 10.3. The minimum atomic E-state index is 0.307. The van der Waals surface area contributed by atoms with Gasteiger partial charge >= 0.3 is 0 Å². The first-order chi connectivity index (χ1) is 13.8. The summed E-state index contributed by atoms with van der Waals surface area (Å²) < 4.78 is 16.6. The average Bonchev–Trinajstić information content (AvgIpc) is 3.27. The van der Waals surface area contributed by atoms with Gasteiger partial charge in [-0.2, -0.15) is 0 Å². The van der Waals surface area contributed by atoms with Gasteiger partial charge < -0.3 is 29.3 Å². The van der Waals surface area contributed by atoms with Crippen molar-refractivity contribution >= 4 is 11.6 Å². The van der Waals surface area contributed by atoms with Crippen LogP contribution in [0.3, 0.4) is 0 Å². The molecule has 0 spiro atoms. The molecule has 0 aromatic heterocycles. The molecule has 0 bridgehead atoms.